The van der Waals surface area contributed by atoms with Crippen molar-refractivity contribution < 1.29 is 9.90 Å². The molecular weight excluding hydrogens is 332 g/mol. The highest BCUT2D eigenvalue weighted by Gasteiger charge is 2.15. The van der Waals surface area contributed by atoms with Crippen molar-refractivity contribution in [3.05, 3.63) is 69.8 Å². The Hall–Kier alpha value is -2.93. The lowest BCUT2D eigenvalue weighted by atomic mass is 10.1. The van der Waals surface area contributed by atoms with E-state index in [1.165, 1.54) is 4.52 Å². The zero-order valence-electron chi connectivity index (χ0n) is 14.6. The SMILES string of the molecule is Cc1nc2cc[nH]n2c(=O)c1CCC(=O)N[C@@H](CO)Cc1ccccc1. The second-order valence-electron chi connectivity index (χ2n) is 6.27. The topological polar surface area (TPSA) is 99.5 Å². The number of carbonyl (C=O) groups excluding carboxylic acids is 1. The molecule has 0 unspecified atom stereocenters. The number of aryl methyl sites for hydroxylation is 1. The van der Waals surface area contributed by atoms with Crippen molar-refractivity contribution in [1.29, 1.82) is 0 Å². The second kappa shape index (κ2) is 7.97. The summed E-state index contributed by atoms with van der Waals surface area (Å²) in [6.07, 6.45) is 2.67. The number of hydrogen-bond acceptors (Lipinski definition) is 4. The van der Waals surface area contributed by atoms with Crippen LogP contribution in [-0.2, 0) is 17.6 Å². The summed E-state index contributed by atoms with van der Waals surface area (Å²) in [5, 5.41) is 15.2. The third kappa shape index (κ3) is 4.00. The molecule has 0 aliphatic rings. The van der Waals surface area contributed by atoms with Crippen LogP contribution >= 0.6 is 0 Å². The minimum atomic E-state index is -0.351. The molecule has 3 rings (SSSR count). The smallest absolute Gasteiger partial charge is 0.276 e. The summed E-state index contributed by atoms with van der Waals surface area (Å²) in [7, 11) is 0. The first-order chi connectivity index (χ1) is 12.6. The molecule has 26 heavy (non-hydrogen) atoms. The number of amides is 1. The highest BCUT2D eigenvalue weighted by atomic mass is 16.3. The van der Waals surface area contributed by atoms with Gasteiger partial charge in [0, 0.05) is 29.9 Å². The largest absolute Gasteiger partial charge is 0.394 e. The number of aromatic nitrogens is 3. The zero-order chi connectivity index (χ0) is 18.5. The fraction of sp³-hybridized carbons (Fsp3) is 0.316. The first-order valence-electron chi connectivity index (χ1n) is 8.58. The van der Waals surface area contributed by atoms with Crippen molar-refractivity contribution in [2.75, 3.05) is 6.61 Å². The van der Waals surface area contributed by atoms with Gasteiger partial charge in [-0.05, 0) is 25.3 Å². The molecule has 0 saturated heterocycles. The molecule has 1 atom stereocenters. The number of fused-ring (bicyclic) bond motifs is 1. The number of nitrogens with one attached hydrogen (secondary N) is 2. The lowest BCUT2D eigenvalue weighted by Gasteiger charge is -2.16. The van der Waals surface area contributed by atoms with E-state index in [0.29, 0.717) is 29.7 Å². The number of aliphatic hydroxyl groups excluding tert-OH is 1. The van der Waals surface area contributed by atoms with Crippen molar-refractivity contribution in [2.45, 2.75) is 32.2 Å². The van der Waals surface area contributed by atoms with E-state index in [2.05, 4.69) is 15.4 Å². The Bertz CT molecular complexity index is 946. The van der Waals surface area contributed by atoms with Crippen LogP contribution in [-0.4, -0.2) is 38.3 Å². The molecule has 0 spiro atoms. The Kier molecular flexibility index (Phi) is 5.48. The first-order valence-corrected chi connectivity index (χ1v) is 8.58. The fourth-order valence-corrected chi connectivity index (χ4v) is 2.99. The van der Waals surface area contributed by atoms with Crippen molar-refractivity contribution in [3.63, 3.8) is 0 Å². The molecule has 2 heterocycles. The van der Waals surface area contributed by atoms with Gasteiger partial charge in [-0.3, -0.25) is 14.7 Å². The molecule has 7 nitrogen and oxygen atoms in total. The minimum Gasteiger partial charge on any atom is -0.394 e. The van der Waals surface area contributed by atoms with Crippen molar-refractivity contribution >= 4 is 11.6 Å². The normalized spacial score (nSPS) is 12.2. The molecule has 0 bridgehead atoms. The maximum atomic E-state index is 12.5. The van der Waals surface area contributed by atoms with E-state index in [4.69, 9.17) is 0 Å². The predicted molar refractivity (Wildman–Crippen MR) is 98.0 cm³/mol. The van der Waals surface area contributed by atoms with E-state index in [0.717, 1.165) is 5.56 Å². The number of rotatable bonds is 7. The molecular formula is C19H22N4O3. The van der Waals surface area contributed by atoms with Crippen LogP contribution in [0.3, 0.4) is 0 Å². The summed E-state index contributed by atoms with van der Waals surface area (Å²) in [4.78, 5) is 29.1. The number of benzene rings is 1. The number of H-pyrrole nitrogens is 1. The quantitative estimate of drug-likeness (QED) is 0.589. The molecule has 1 amide bonds. The lowest BCUT2D eigenvalue weighted by molar-refractivity contribution is -0.122. The Balaban J connectivity index is 1.62. The summed E-state index contributed by atoms with van der Waals surface area (Å²) < 4.78 is 1.37. The average Bonchev–Trinajstić information content (AvgIpc) is 3.10. The molecule has 136 valence electrons. The molecule has 3 aromatic rings. The van der Waals surface area contributed by atoms with E-state index >= 15 is 0 Å². The maximum Gasteiger partial charge on any atom is 0.276 e. The number of carbonyl (C=O) groups is 1. The maximum absolute atomic E-state index is 12.5. The van der Waals surface area contributed by atoms with Gasteiger partial charge in [-0.1, -0.05) is 30.3 Å². The third-order valence-corrected chi connectivity index (χ3v) is 4.36. The third-order valence-electron chi connectivity index (χ3n) is 4.36. The van der Waals surface area contributed by atoms with Gasteiger partial charge in [0.05, 0.1) is 12.6 Å². The Morgan fingerprint density at radius 3 is 2.81 bits per heavy atom. The number of nitrogens with zero attached hydrogens (tertiary/aromatic N) is 2. The summed E-state index contributed by atoms with van der Waals surface area (Å²) in [6, 6.07) is 11.0. The molecule has 1 aromatic carbocycles. The van der Waals surface area contributed by atoms with Gasteiger partial charge < -0.3 is 10.4 Å². The second-order valence-corrected chi connectivity index (χ2v) is 6.27. The van der Waals surface area contributed by atoms with E-state index in [-0.39, 0.29) is 30.5 Å². The van der Waals surface area contributed by atoms with Crippen LogP contribution in [0, 0.1) is 6.92 Å². The van der Waals surface area contributed by atoms with Crippen molar-refractivity contribution in [2.24, 2.45) is 0 Å². The average molecular weight is 354 g/mol. The van der Waals surface area contributed by atoms with Crippen LogP contribution in [0.4, 0.5) is 0 Å². The number of aromatic amines is 1. The summed E-state index contributed by atoms with van der Waals surface area (Å²) in [6.45, 7) is 1.63. The van der Waals surface area contributed by atoms with Crippen LogP contribution in [0.15, 0.2) is 47.4 Å². The molecule has 2 aromatic heterocycles. The van der Waals surface area contributed by atoms with Crippen LogP contribution in [0.2, 0.25) is 0 Å². The monoisotopic (exact) mass is 354 g/mol. The van der Waals surface area contributed by atoms with E-state index in [9.17, 15) is 14.7 Å². The van der Waals surface area contributed by atoms with Gasteiger partial charge in [0.2, 0.25) is 5.91 Å². The summed E-state index contributed by atoms with van der Waals surface area (Å²) in [5.41, 5.74) is 2.56. The number of hydrogen-bond donors (Lipinski definition) is 3. The standard InChI is InChI=1S/C19H22N4O3/c1-13-16(19(26)23-17(21-13)9-10-20-23)7-8-18(25)22-15(12-24)11-14-5-3-2-4-6-14/h2-6,9-10,15,20,24H,7-8,11-12H2,1H3,(H,22,25)/t15-/m1/s1. The highest BCUT2D eigenvalue weighted by Crippen LogP contribution is 2.07. The van der Waals surface area contributed by atoms with Gasteiger partial charge in [0.15, 0.2) is 5.65 Å². The van der Waals surface area contributed by atoms with Gasteiger partial charge in [-0.2, -0.15) is 0 Å². The van der Waals surface area contributed by atoms with Gasteiger partial charge >= 0.3 is 0 Å². The van der Waals surface area contributed by atoms with Crippen molar-refractivity contribution in [1.82, 2.24) is 19.9 Å². The summed E-state index contributed by atoms with van der Waals surface area (Å²) in [5.74, 6) is -0.199. The minimum absolute atomic E-state index is 0.141. The lowest BCUT2D eigenvalue weighted by Crippen LogP contribution is -2.39. The Morgan fingerprint density at radius 2 is 2.08 bits per heavy atom. The number of aliphatic hydroxyl groups is 1. The molecule has 7 heteroatoms. The molecule has 0 fully saturated rings. The van der Waals surface area contributed by atoms with Crippen LogP contribution < -0.4 is 10.9 Å². The van der Waals surface area contributed by atoms with E-state index < -0.39 is 0 Å². The van der Waals surface area contributed by atoms with Gasteiger partial charge in [-0.15, -0.1) is 0 Å². The predicted octanol–water partition coefficient (Wildman–Crippen LogP) is 0.983. The van der Waals surface area contributed by atoms with E-state index in [1.54, 1.807) is 19.2 Å². The molecule has 0 aliphatic carbocycles. The molecule has 3 N–H and O–H groups in total. The zero-order valence-corrected chi connectivity index (χ0v) is 14.6. The van der Waals surface area contributed by atoms with Crippen molar-refractivity contribution in [3.8, 4) is 0 Å². The Labute approximate surface area is 150 Å². The molecule has 0 aliphatic heterocycles. The highest BCUT2D eigenvalue weighted by molar-refractivity contribution is 5.76. The fourth-order valence-electron chi connectivity index (χ4n) is 2.99. The van der Waals surface area contributed by atoms with Gasteiger partial charge in [0.1, 0.15) is 0 Å². The van der Waals surface area contributed by atoms with Crippen LogP contribution in [0.5, 0.6) is 0 Å². The van der Waals surface area contributed by atoms with Crippen LogP contribution in [0.25, 0.3) is 5.65 Å². The van der Waals surface area contributed by atoms with Gasteiger partial charge in [-0.25, -0.2) is 9.50 Å². The van der Waals surface area contributed by atoms with Crippen LogP contribution in [0.1, 0.15) is 23.2 Å². The summed E-state index contributed by atoms with van der Waals surface area (Å²) >= 11 is 0. The molecule has 0 saturated carbocycles. The molecule has 0 radical (unpaired) electrons. The van der Waals surface area contributed by atoms with E-state index in [1.807, 2.05) is 30.3 Å². The van der Waals surface area contributed by atoms with Gasteiger partial charge in [0.25, 0.3) is 5.56 Å². The Morgan fingerprint density at radius 1 is 1.31 bits per heavy atom. The first kappa shape index (κ1) is 17.9.